The van der Waals surface area contributed by atoms with Crippen LogP contribution in [-0.4, -0.2) is 16.0 Å². The number of phenolic OH excluding ortho intramolecular Hbond substituents is 1. The molecule has 6 heteroatoms. The predicted octanol–water partition coefficient (Wildman–Crippen LogP) is 4.02. The predicted molar refractivity (Wildman–Crippen MR) is 84.4 cm³/mol. The Hall–Kier alpha value is -1.59. The fraction of sp³-hybridized carbons (Fsp3) is 0.333. The maximum atomic E-state index is 12.2. The third kappa shape index (κ3) is 3.19. The third-order valence-corrected chi connectivity index (χ3v) is 4.90. The van der Waals surface area contributed by atoms with Gasteiger partial charge < -0.3 is 5.11 Å². The number of carbonyl (C=O) groups excluding carboxylic acids is 1. The van der Waals surface area contributed by atoms with Gasteiger partial charge in [0.2, 0.25) is 0 Å². The topological polar surface area (TPSA) is 62.2 Å². The summed E-state index contributed by atoms with van der Waals surface area (Å²) >= 11 is 7.37. The molecule has 0 spiro atoms. The van der Waals surface area contributed by atoms with E-state index in [1.807, 2.05) is 0 Å². The highest BCUT2D eigenvalue weighted by Gasteiger charge is 2.16. The smallest absolute Gasteiger partial charge is 0.257 e. The maximum absolute atomic E-state index is 12.2. The first-order chi connectivity index (χ1) is 10.1. The zero-order valence-corrected chi connectivity index (χ0v) is 12.9. The number of phenols is 1. The highest BCUT2D eigenvalue weighted by atomic mass is 35.5. The van der Waals surface area contributed by atoms with Crippen molar-refractivity contribution in [1.29, 1.82) is 0 Å². The van der Waals surface area contributed by atoms with Crippen LogP contribution in [0, 0.1) is 0 Å². The largest absolute Gasteiger partial charge is 0.506 e. The van der Waals surface area contributed by atoms with Gasteiger partial charge in [0.15, 0.2) is 5.13 Å². The lowest BCUT2D eigenvalue weighted by molar-refractivity contribution is 0.102. The zero-order chi connectivity index (χ0) is 14.8. The molecule has 1 aromatic carbocycles. The highest BCUT2D eigenvalue weighted by molar-refractivity contribution is 7.15. The molecule has 1 amide bonds. The number of halogens is 1. The average Bonchev–Trinajstić information content (AvgIpc) is 2.70. The standard InChI is InChI=1S/C15H15ClN2O2S/c16-10-8-9(6-7-12(10)19)14(20)18-15-17-11-4-2-1-3-5-13(11)21-15/h6-8,19H,1-5H2,(H,17,18,20). The van der Waals surface area contributed by atoms with Gasteiger partial charge in [-0.05, 0) is 43.9 Å². The summed E-state index contributed by atoms with van der Waals surface area (Å²) in [5, 5.41) is 13.0. The lowest BCUT2D eigenvalue weighted by Gasteiger charge is -2.03. The summed E-state index contributed by atoms with van der Waals surface area (Å²) in [6.45, 7) is 0. The quantitative estimate of drug-likeness (QED) is 0.821. The molecule has 2 aromatic rings. The second-order valence-corrected chi connectivity index (χ2v) is 6.56. The van der Waals surface area contributed by atoms with Gasteiger partial charge in [-0.3, -0.25) is 10.1 Å². The number of carbonyl (C=O) groups is 1. The van der Waals surface area contributed by atoms with E-state index in [9.17, 15) is 9.90 Å². The van der Waals surface area contributed by atoms with E-state index < -0.39 is 0 Å². The van der Waals surface area contributed by atoms with Crippen LogP contribution < -0.4 is 5.32 Å². The lowest BCUT2D eigenvalue weighted by Crippen LogP contribution is -2.11. The minimum absolute atomic E-state index is 0.0332. The third-order valence-electron chi connectivity index (χ3n) is 3.53. The number of nitrogens with one attached hydrogen (secondary N) is 1. The van der Waals surface area contributed by atoms with Crippen molar-refractivity contribution < 1.29 is 9.90 Å². The Bertz CT molecular complexity index is 661. The van der Waals surface area contributed by atoms with E-state index in [0.29, 0.717) is 10.7 Å². The van der Waals surface area contributed by atoms with Crippen LogP contribution in [0.2, 0.25) is 5.02 Å². The number of anilines is 1. The summed E-state index contributed by atoms with van der Waals surface area (Å²) in [5.41, 5.74) is 1.53. The van der Waals surface area contributed by atoms with Crippen LogP contribution in [0.15, 0.2) is 18.2 Å². The number of amides is 1. The van der Waals surface area contributed by atoms with Gasteiger partial charge in [-0.25, -0.2) is 4.98 Å². The van der Waals surface area contributed by atoms with Gasteiger partial charge in [0.1, 0.15) is 5.75 Å². The lowest BCUT2D eigenvalue weighted by atomic mass is 10.2. The minimum Gasteiger partial charge on any atom is -0.506 e. The monoisotopic (exact) mass is 322 g/mol. The number of nitrogens with zero attached hydrogens (tertiary/aromatic N) is 1. The van der Waals surface area contributed by atoms with Crippen LogP contribution >= 0.6 is 22.9 Å². The molecule has 110 valence electrons. The molecule has 0 aliphatic heterocycles. The van der Waals surface area contributed by atoms with Crippen molar-refractivity contribution in [3.8, 4) is 5.75 Å². The van der Waals surface area contributed by atoms with Gasteiger partial charge >= 0.3 is 0 Å². The normalized spacial score (nSPS) is 14.3. The van der Waals surface area contributed by atoms with E-state index in [1.165, 1.54) is 35.9 Å². The van der Waals surface area contributed by atoms with Gasteiger partial charge in [-0.1, -0.05) is 18.0 Å². The van der Waals surface area contributed by atoms with E-state index >= 15 is 0 Å². The Morgan fingerprint density at radius 2 is 2.10 bits per heavy atom. The number of hydrogen-bond acceptors (Lipinski definition) is 4. The molecular weight excluding hydrogens is 308 g/mol. The van der Waals surface area contributed by atoms with Crippen molar-refractivity contribution in [2.45, 2.75) is 32.1 Å². The van der Waals surface area contributed by atoms with Gasteiger partial charge in [0, 0.05) is 10.4 Å². The Labute approximate surface area is 131 Å². The second-order valence-electron chi connectivity index (χ2n) is 5.07. The van der Waals surface area contributed by atoms with Crippen molar-refractivity contribution in [1.82, 2.24) is 4.98 Å². The first kappa shape index (κ1) is 14.4. The first-order valence-electron chi connectivity index (χ1n) is 6.92. The fourth-order valence-corrected chi connectivity index (χ4v) is 3.63. The zero-order valence-electron chi connectivity index (χ0n) is 11.4. The summed E-state index contributed by atoms with van der Waals surface area (Å²) in [6.07, 6.45) is 5.64. The van der Waals surface area contributed by atoms with Gasteiger partial charge in [0.05, 0.1) is 10.7 Å². The van der Waals surface area contributed by atoms with E-state index in [1.54, 1.807) is 11.3 Å². The number of aryl methyl sites for hydroxylation is 2. The number of aromatic hydroxyl groups is 1. The molecule has 1 aromatic heterocycles. The van der Waals surface area contributed by atoms with Crippen LogP contribution in [-0.2, 0) is 12.8 Å². The molecule has 0 bridgehead atoms. The molecular formula is C15H15ClN2O2S. The summed E-state index contributed by atoms with van der Waals surface area (Å²) < 4.78 is 0. The summed E-state index contributed by atoms with van der Waals surface area (Å²) in [5.74, 6) is -0.296. The number of rotatable bonds is 2. The Morgan fingerprint density at radius 3 is 2.90 bits per heavy atom. The molecule has 0 saturated carbocycles. The van der Waals surface area contributed by atoms with Crippen molar-refractivity contribution >= 4 is 34.0 Å². The fourth-order valence-electron chi connectivity index (χ4n) is 2.40. The van der Waals surface area contributed by atoms with Crippen LogP contribution in [0.4, 0.5) is 5.13 Å². The number of aromatic nitrogens is 1. The molecule has 21 heavy (non-hydrogen) atoms. The molecule has 0 saturated heterocycles. The van der Waals surface area contributed by atoms with Gasteiger partial charge in [-0.2, -0.15) is 0 Å². The van der Waals surface area contributed by atoms with Crippen LogP contribution in [0.1, 0.15) is 40.2 Å². The van der Waals surface area contributed by atoms with Crippen molar-refractivity contribution in [3.05, 3.63) is 39.4 Å². The molecule has 2 N–H and O–H groups in total. The minimum atomic E-state index is -0.263. The number of hydrogen-bond donors (Lipinski definition) is 2. The molecule has 0 fully saturated rings. The molecule has 4 nitrogen and oxygen atoms in total. The van der Waals surface area contributed by atoms with E-state index in [0.717, 1.165) is 25.0 Å². The Kier molecular flexibility index (Phi) is 4.12. The number of benzene rings is 1. The molecule has 3 rings (SSSR count). The van der Waals surface area contributed by atoms with Crippen LogP contribution in [0.25, 0.3) is 0 Å². The molecule has 0 atom stereocenters. The highest BCUT2D eigenvalue weighted by Crippen LogP contribution is 2.29. The van der Waals surface area contributed by atoms with Gasteiger partial charge in [0.25, 0.3) is 5.91 Å². The summed E-state index contributed by atoms with van der Waals surface area (Å²) in [4.78, 5) is 18.0. The molecule has 1 aliphatic carbocycles. The summed E-state index contributed by atoms with van der Waals surface area (Å²) in [7, 11) is 0. The maximum Gasteiger partial charge on any atom is 0.257 e. The van der Waals surface area contributed by atoms with E-state index in [-0.39, 0.29) is 16.7 Å². The Morgan fingerprint density at radius 1 is 1.29 bits per heavy atom. The number of thiazole rings is 1. The van der Waals surface area contributed by atoms with Gasteiger partial charge in [-0.15, -0.1) is 11.3 Å². The molecule has 0 radical (unpaired) electrons. The molecule has 1 heterocycles. The average molecular weight is 323 g/mol. The summed E-state index contributed by atoms with van der Waals surface area (Å²) in [6, 6.07) is 4.40. The second kappa shape index (κ2) is 6.03. The first-order valence-corrected chi connectivity index (χ1v) is 8.11. The van der Waals surface area contributed by atoms with Crippen molar-refractivity contribution in [2.75, 3.05) is 5.32 Å². The Balaban J connectivity index is 1.77. The van der Waals surface area contributed by atoms with E-state index in [4.69, 9.17) is 11.6 Å². The number of fused-ring (bicyclic) bond motifs is 1. The van der Waals surface area contributed by atoms with Crippen molar-refractivity contribution in [2.24, 2.45) is 0 Å². The van der Waals surface area contributed by atoms with Crippen LogP contribution in [0.3, 0.4) is 0 Å². The SMILES string of the molecule is O=C(Nc1nc2c(s1)CCCCC2)c1ccc(O)c(Cl)c1. The van der Waals surface area contributed by atoms with E-state index in [2.05, 4.69) is 10.3 Å². The van der Waals surface area contributed by atoms with Crippen molar-refractivity contribution in [3.63, 3.8) is 0 Å². The molecule has 0 unspecified atom stereocenters. The van der Waals surface area contributed by atoms with Crippen LogP contribution in [0.5, 0.6) is 5.75 Å². The molecule has 1 aliphatic rings.